The van der Waals surface area contributed by atoms with Crippen LogP contribution in [-0.2, 0) is 6.54 Å². The number of rotatable bonds is 2. The molecule has 0 saturated heterocycles. The molecule has 0 aliphatic rings. The summed E-state index contributed by atoms with van der Waals surface area (Å²) < 4.78 is 36.6. The van der Waals surface area contributed by atoms with Crippen LogP contribution in [0.5, 0.6) is 0 Å². The summed E-state index contributed by atoms with van der Waals surface area (Å²) in [5, 5.41) is 0. The van der Waals surface area contributed by atoms with E-state index in [2.05, 4.69) is 0 Å². The fourth-order valence-corrected chi connectivity index (χ4v) is 0.849. The number of aryl methyl sites for hydroxylation is 1. The minimum absolute atomic E-state index is 0.149. The highest BCUT2D eigenvalue weighted by Gasteiger charge is 2.26. The standard InChI is InChI=1S/C8H8F3NO/c9-8(10,11)3-6-12-4-1-7(13)2-5-12/h1-2,4-5H,3,6H2. The van der Waals surface area contributed by atoms with Crippen LogP contribution in [0, 0.1) is 0 Å². The van der Waals surface area contributed by atoms with Crippen molar-refractivity contribution in [2.45, 2.75) is 19.1 Å². The number of hydrogen-bond donors (Lipinski definition) is 0. The van der Waals surface area contributed by atoms with Gasteiger partial charge in [0.2, 0.25) is 0 Å². The van der Waals surface area contributed by atoms with Gasteiger partial charge in [0.05, 0.1) is 6.42 Å². The number of aromatic nitrogens is 1. The number of nitrogens with zero attached hydrogens (tertiary/aromatic N) is 1. The van der Waals surface area contributed by atoms with E-state index in [1.54, 1.807) is 0 Å². The smallest absolute Gasteiger partial charge is 0.354 e. The van der Waals surface area contributed by atoms with E-state index in [9.17, 15) is 18.0 Å². The van der Waals surface area contributed by atoms with Crippen molar-refractivity contribution in [3.05, 3.63) is 34.7 Å². The largest absolute Gasteiger partial charge is 0.390 e. The lowest BCUT2D eigenvalue weighted by Crippen LogP contribution is -2.13. The van der Waals surface area contributed by atoms with E-state index in [4.69, 9.17) is 0 Å². The van der Waals surface area contributed by atoms with Crippen molar-refractivity contribution in [1.29, 1.82) is 0 Å². The number of pyridine rings is 1. The molecule has 0 bridgehead atoms. The van der Waals surface area contributed by atoms with E-state index in [1.165, 1.54) is 29.1 Å². The molecule has 1 rings (SSSR count). The molecule has 0 aliphatic heterocycles. The summed E-state index contributed by atoms with van der Waals surface area (Å²) in [5.41, 5.74) is -0.205. The van der Waals surface area contributed by atoms with Crippen LogP contribution >= 0.6 is 0 Å². The fraction of sp³-hybridized carbons (Fsp3) is 0.375. The highest BCUT2D eigenvalue weighted by atomic mass is 19.4. The molecule has 5 heteroatoms. The molecule has 0 saturated carbocycles. The third kappa shape index (κ3) is 3.78. The fourth-order valence-electron chi connectivity index (χ4n) is 0.849. The van der Waals surface area contributed by atoms with Crippen LogP contribution in [0.2, 0.25) is 0 Å². The Kier molecular flexibility index (Phi) is 2.75. The summed E-state index contributed by atoms with van der Waals surface area (Å²) >= 11 is 0. The van der Waals surface area contributed by atoms with Crippen molar-refractivity contribution < 1.29 is 13.2 Å². The maximum absolute atomic E-state index is 11.7. The summed E-state index contributed by atoms with van der Waals surface area (Å²) in [6.45, 7) is -0.149. The molecule has 1 aromatic rings. The predicted octanol–water partition coefficient (Wildman–Crippen LogP) is 1.80. The average molecular weight is 191 g/mol. The van der Waals surface area contributed by atoms with Gasteiger partial charge >= 0.3 is 6.18 Å². The van der Waals surface area contributed by atoms with Gasteiger partial charge in [-0.25, -0.2) is 0 Å². The minimum atomic E-state index is -4.15. The van der Waals surface area contributed by atoms with Crippen molar-refractivity contribution in [2.75, 3.05) is 0 Å². The second kappa shape index (κ2) is 3.64. The second-order valence-corrected chi connectivity index (χ2v) is 2.64. The number of hydrogen-bond acceptors (Lipinski definition) is 1. The Hall–Kier alpha value is -1.26. The molecule has 13 heavy (non-hydrogen) atoms. The lowest BCUT2D eigenvalue weighted by Gasteiger charge is -2.07. The molecule has 1 aromatic heterocycles. The minimum Gasteiger partial charge on any atom is -0.354 e. The first-order valence-corrected chi connectivity index (χ1v) is 3.70. The monoisotopic (exact) mass is 191 g/mol. The summed E-state index contributed by atoms with van der Waals surface area (Å²) in [7, 11) is 0. The first kappa shape index (κ1) is 9.83. The van der Waals surface area contributed by atoms with E-state index >= 15 is 0 Å². The molecule has 0 N–H and O–H groups in total. The lowest BCUT2D eigenvalue weighted by atomic mass is 10.4. The van der Waals surface area contributed by atoms with Gasteiger partial charge < -0.3 is 4.57 Å². The van der Waals surface area contributed by atoms with Crippen LogP contribution in [0.25, 0.3) is 0 Å². The Morgan fingerprint density at radius 1 is 1.23 bits per heavy atom. The van der Waals surface area contributed by atoms with E-state index in [1.807, 2.05) is 0 Å². The SMILES string of the molecule is O=c1ccn(CCC(F)(F)F)cc1. The predicted molar refractivity (Wildman–Crippen MR) is 41.4 cm³/mol. The summed E-state index contributed by atoms with van der Waals surface area (Å²) in [4.78, 5) is 10.6. The van der Waals surface area contributed by atoms with Gasteiger partial charge in [0, 0.05) is 31.1 Å². The van der Waals surface area contributed by atoms with Gasteiger partial charge in [0.25, 0.3) is 0 Å². The molecular formula is C8H8F3NO. The van der Waals surface area contributed by atoms with Crippen molar-refractivity contribution in [3.8, 4) is 0 Å². The molecule has 0 radical (unpaired) electrons. The van der Waals surface area contributed by atoms with E-state index in [0.717, 1.165) is 0 Å². The Morgan fingerprint density at radius 2 is 1.77 bits per heavy atom. The highest BCUT2D eigenvalue weighted by molar-refractivity contribution is 4.93. The van der Waals surface area contributed by atoms with E-state index in [0.29, 0.717) is 0 Å². The zero-order valence-corrected chi connectivity index (χ0v) is 6.71. The topological polar surface area (TPSA) is 22.0 Å². The van der Waals surface area contributed by atoms with Crippen molar-refractivity contribution in [3.63, 3.8) is 0 Å². The van der Waals surface area contributed by atoms with Gasteiger partial charge in [-0.2, -0.15) is 13.2 Å². The van der Waals surface area contributed by atoms with E-state index in [-0.39, 0.29) is 12.0 Å². The molecule has 72 valence electrons. The molecular weight excluding hydrogens is 183 g/mol. The van der Waals surface area contributed by atoms with Gasteiger partial charge in [-0.1, -0.05) is 0 Å². The van der Waals surface area contributed by atoms with E-state index < -0.39 is 12.6 Å². The maximum Gasteiger partial charge on any atom is 0.390 e. The third-order valence-corrected chi connectivity index (χ3v) is 1.51. The van der Waals surface area contributed by atoms with Gasteiger partial charge in [-0.3, -0.25) is 4.79 Å². The highest BCUT2D eigenvalue weighted by Crippen LogP contribution is 2.19. The van der Waals surface area contributed by atoms with Gasteiger partial charge in [-0.05, 0) is 0 Å². The number of halogens is 3. The van der Waals surface area contributed by atoms with Crippen LogP contribution in [0.1, 0.15) is 6.42 Å². The zero-order chi connectivity index (χ0) is 9.90. The van der Waals surface area contributed by atoms with Crippen molar-refractivity contribution in [2.24, 2.45) is 0 Å². The van der Waals surface area contributed by atoms with Crippen molar-refractivity contribution in [1.82, 2.24) is 4.57 Å². The molecule has 0 amide bonds. The lowest BCUT2D eigenvalue weighted by molar-refractivity contribution is -0.136. The summed E-state index contributed by atoms with van der Waals surface area (Å²) in [6.07, 6.45) is -2.35. The second-order valence-electron chi connectivity index (χ2n) is 2.64. The van der Waals surface area contributed by atoms with Crippen molar-refractivity contribution >= 4 is 0 Å². The molecule has 2 nitrogen and oxygen atoms in total. The van der Waals surface area contributed by atoms with Crippen LogP contribution < -0.4 is 5.43 Å². The Labute approximate surface area is 72.6 Å². The van der Waals surface area contributed by atoms with Crippen LogP contribution in [0.4, 0.5) is 13.2 Å². The molecule has 0 fully saturated rings. The first-order valence-electron chi connectivity index (χ1n) is 3.70. The molecule has 1 heterocycles. The van der Waals surface area contributed by atoms with Gasteiger partial charge in [0.15, 0.2) is 5.43 Å². The van der Waals surface area contributed by atoms with Gasteiger partial charge in [-0.15, -0.1) is 0 Å². The normalized spacial score (nSPS) is 11.6. The quantitative estimate of drug-likeness (QED) is 0.698. The first-order chi connectivity index (χ1) is 5.97. The van der Waals surface area contributed by atoms with Crippen LogP contribution in [-0.4, -0.2) is 10.7 Å². The zero-order valence-electron chi connectivity index (χ0n) is 6.71. The Bertz CT molecular complexity index is 308. The third-order valence-electron chi connectivity index (χ3n) is 1.51. The van der Waals surface area contributed by atoms with Crippen LogP contribution in [0.15, 0.2) is 29.3 Å². The summed E-state index contributed by atoms with van der Waals surface area (Å²) in [6, 6.07) is 2.47. The number of alkyl halides is 3. The molecule has 0 atom stereocenters. The molecule has 0 aliphatic carbocycles. The molecule has 0 aromatic carbocycles. The average Bonchev–Trinajstić information content (AvgIpc) is 2.02. The molecule has 0 spiro atoms. The Balaban J connectivity index is 2.56. The Morgan fingerprint density at radius 3 is 2.23 bits per heavy atom. The van der Waals surface area contributed by atoms with Crippen LogP contribution in [0.3, 0.4) is 0 Å². The maximum atomic E-state index is 11.7. The summed E-state index contributed by atoms with van der Waals surface area (Å²) in [5.74, 6) is 0. The van der Waals surface area contributed by atoms with Gasteiger partial charge in [0.1, 0.15) is 0 Å². The molecule has 0 unspecified atom stereocenters.